The average molecular weight is 382 g/mol. The molecule has 0 spiro atoms. The van der Waals surface area contributed by atoms with Gasteiger partial charge >= 0.3 is 0 Å². The number of halogens is 1. The molecule has 2 amide bonds. The zero-order chi connectivity index (χ0) is 19.8. The topological polar surface area (TPSA) is 88.0 Å². The Morgan fingerprint density at radius 3 is 2.39 bits per heavy atom. The van der Waals surface area contributed by atoms with Gasteiger partial charge in [-0.2, -0.15) is 0 Å². The second-order valence-corrected chi connectivity index (χ2v) is 6.18. The fourth-order valence-electron chi connectivity index (χ4n) is 2.76. The minimum absolute atomic E-state index is 0.129. The van der Waals surface area contributed by atoms with Gasteiger partial charge in [0, 0.05) is 11.3 Å². The molecule has 0 radical (unpaired) electrons. The number of nitrogens with two attached hydrogens (primary N) is 1. The van der Waals surface area contributed by atoms with Crippen LogP contribution in [-0.2, 0) is 9.59 Å². The minimum Gasteiger partial charge on any atom is -0.463 e. The third-order valence-corrected chi connectivity index (χ3v) is 4.12. The van der Waals surface area contributed by atoms with Crippen LogP contribution in [0.3, 0.4) is 0 Å². The summed E-state index contributed by atoms with van der Waals surface area (Å²) in [6.07, 6.45) is 1.60. The van der Waals surface area contributed by atoms with Crippen molar-refractivity contribution in [1.29, 1.82) is 0 Å². The van der Waals surface area contributed by atoms with Crippen molar-refractivity contribution in [2.75, 3.05) is 18.4 Å². The van der Waals surface area contributed by atoms with Crippen LogP contribution in [0.2, 0.25) is 0 Å². The molecule has 0 saturated carbocycles. The van der Waals surface area contributed by atoms with Gasteiger partial charge in [-0.1, -0.05) is 30.3 Å². The number of hydrogen-bond acceptors (Lipinski definition) is 3. The number of rotatable bonds is 8. The first-order chi connectivity index (χ1) is 13.6. The van der Waals surface area contributed by atoms with Gasteiger partial charge in [-0.15, -0.1) is 0 Å². The molecule has 0 bridgehead atoms. The van der Waals surface area contributed by atoms with Crippen molar-refractivity contribution in [2.45, 2.75) is 6.04 Å². The van der Waals surface area contributed by atoms with Crippen LogP contribution in [0.5, 0.6) is 0 Å². The smallest absolute Gasteiger partial charge is 0.275 e. The molecule has 0 aliphatic carbocycles. The van der Waals surface area contributed by atoms with E-state index in [1.807, 2.05) is 41.7 Å². The Bertz CT molecular complexity index is 896. The molecule has 7 heteroatoms. The maximum atomic E-state index is 12.9. The van der Waals surface area contributed by atoms with Crippen LogP contribution >= 0.6 is 0 Å². The molecular weight excluding hydrogens is 361 g/mol. The first-order valence-corrected chi connectivity index (χ1v) is 8.85. The summed E-state index contributed by atoms with van der Waals surface area (Å²) in [4.78, 5) is 24.1. The SMILES string of the molecule is O=C(C[NH2+][C@@H](c1ccccc1)c1ccco1)NCC(=O)Nc1ccc(F)cc1. The molecule has 0 aliphatic heterocycles. The first kappa shape index (κ1) is 19.3. The van der Waals surface area contributed by atoms with E-state index in [0.717, 1.165) is 11.3 Å². The van der Waals surface area contributed by atoms with Crippen LogP contribution < -0.4 is 16.0 Å². The van der Waals surface area contributed by atoms with Crippen molar-refractivity contribution in [3.63, 3.8) is 0 Å². The molecule has 0 saturated heterocycles. The molecule has 0 fully saturated rings. The predicted octanol–water partition coefficient (Wildman–Crippen LogP) is 1.83. The average Bonchev–Trinajstić information content (AvgIpc) is 3.24. The number of furan rings is 1. The minimum atomic E-state index is -0.384. The van der Waals surface area contributed by atoms with E-state index in [4.69, 9.17) is 4.42 Å². The second kappa shape index (κ2) is 9.48. The fourth-order valence-corrected chi connectivity index (χ4v) is 2.76. The normalized spacial score (nSPS) is 11.6. The third-order valence-electron chi connectivity index (χ3n) is 4.12. The molecule has 1 heterocycles. The van der Waals surface area contributed by atoms with Gasteiger partial charge in [-0.25, -0.2) is 4.39 Å². The Morgan fingerprint density at radius 2 is 1.71 bits per heavy atom. The Hall–Kier alpha value is -3.45. The second-order valence-electron chi connectivity index (χ2n) is 6.18. The zero-order valence-corrected chi connectivity index (χ0v) is 15.1. The summed E-state index contributed by atoms with van der Waals surface area (Å²) in [6.45, 7) is -0.0368. The molecular formula is C21H21FN3O3+. The highest BCUT2D eigenvalue weighted by Gasteiger charge is 2.21. The van der Waals surface area contributed by atoms with E-state index in [-0.39, 0.29) is 36.8 Å². The summed E-state index contributed by atoms with van der Waals surface area (Å²) in [7, 11) is 0. The molecule has 3 rings (SSSR count). The predicted molar refractivity (Wildman–Crippen MR) is 102 cm³/mol. The summed E-state index contributed by atoms with van der Waals surface area (Å²) in [5.41, 5.74) is 1.48. The number of anilines is 1. The van der Waals surface area contributed by atoms with Gasteiger partial charge < -0.3 is 20.4 Å². The summed E-state index contributed by atoms with van der Waals surface area (Å²) < 4.78 is 18.4. The van der Waals surface area contributed by atoms with Gasteiger partial charge in [-0.3, -0.25) is 9.59 Å². The van der Waals surface area contributed by atoms with Gasteiger partial charge in [0.25, 0.3) is 5.91 Å². The van der Waals surface area contributed by atoms with Crippen LogP contribution in [-0.4, -0.2) is 24.9 Å². The van der Waals surface area contributed by atoms with Crippen molar-refractivity contribution in [2.24, 2.45) is 0 Å². The van der Waals surface area contributed by atoms with Crippen molar-refractivity contribution >= 4 is 17.5 Å². The van der Waals surface area contributed by atoms with E-state index in [9.17, 15) is 14.0 Å². The maximum Gasteiger partial charge on any atom is 0.275 e. The van der Waals surface area contributed by atoms with E-state index in [1.165, 1.54) is 24.3 Å². The molecule has 4 N–H and O–H groups in total. The number of carbonyl (C=O) groups excluding carboxylic acids is 2. The van der Waals surface area contributed by atoms with Gasteiger partial charge in [0.1, 0.15) is 5.82 Å². The Balaban J connectivity index is 1.49. The van der Waals surface area contributed by atoms with E-state index in [2.05, 4.69) is 10.6 Å². The van der Waals surface area contributed by atoms with E-state index in [0.29, 0.717) is 5.69 Å². The van der Waals surface area contributed by atoms with Crippen molar-refractivity contribution in [1.82, 2.24) is 5.32 Å². The summed E-state index contributed by atoms with van der Waals surface area (Å²) in [5, 5.41) is 7.02. The van der Waals surface area contributed by atoms with Crippen LogP contribution in [0, 0.1) is 5.82 Å². The molecule has 6 nitrogen and oxygen atoms in total. The lowest BCUT2D eigenvalue weighted by molar-refractivity contribution is -0.678. The molecule has 28 heavy (non-hydrogen) atoms. The van der Waals surface area contributed by atoms with Gasteiger partial charge in [0.05, 0.1) is 12.8 Å². The lowest BCUT2D eigenvalue weighted by Crippen LogP contribution is -2.87. The van der Waals surface area contributed by atoms with Crippen molar-refractivity contribution in [3.05, 3.63) is 90.1 Å². The highest BCUT2D eigenvalue weighted by molar-refractivity contribution is 5.94. The van der Waals surface area contributed by atoms with Gasteiger partial charge in [0.2, 0.25) is 5.91 Å². The summed E-state index contributed by atoms with van der Waals surface area (Å²) >= 11 is 0. The van der Waals surface area contributed by atoms with Crippen molar-refractivity contribution in [3.8, 4) is 0 Å². The van der Waals surface area contributed by atoms with Gasteiger partial charge in [0.15, 0.2) is 18.3 Å². The molecule has 0 aliphatic rings. The molecule has 3 aromatic rings. The van der Waals surface area contributed by atoms with E-state index < -0.39 is 0 Å². The Morgan fingerprint density at radius 1 is 0.964 bits per heavy atom. The Labute approximate surface area is 161 Å². The van der Waals surface area contributed by atoms with E-state index >= 15 is 0 Å². The highest BCUT2D eigenvalue weighted by Crippen LogP contribution is 2.18. The number of benzene rings is 2. The molecule has 0 unspecified atom stereocenters. The Kier molecular flexibility index (Phi) is 6.54. The lowest BCUT2D eigenvalue weighted by atomic mass is 10.0. The molecule has 2 aromatic carbocycles. The highest BCUT2D eigenvalue weighted by atomic mass is 19.1. The van der Waals surface area contributed by atoms with Crippen molar-refractivity contribution < 1.29 is 23.7 Å². The number of nitrogens with one attached hydrogen (secondary N) is 2. The first-order valence-electron chi connectivity index (χ1n) is 8.85. The monoisotopic (exact) mass is 382 g/mol. The van der Waals surface area contributed by atoms with Crippen LogP contribution in [0.15, 0.2) is 77.4 Å². The van der Waals surface area contributed by atoms with Crippen LogP contribution in [0.4, 0.5) is 10.1 Å². The lowest BCUT2D eigenvalue weighted by Gasteiger charge is -2.14. The quantitative estimate of drug-likeness (QED) is 0.555. The zero-order valence-electron chi connectivity index (χ0n) is 15.1. The number of amides is 2. The molecule has 144 valence electrons. The largest absolute Gasteiger partial charge is 0.463 e. The van der Waals surface area contributed by atoms with Crippen LogP contribution in [0.1, 0.15) is 17.4 Å². The van der Waals surface area contributed by atoms with Crippen LogP contribution in [0.25, 0.3) is 0 Å². The standard InChI is InChI=1S/C21H20FN3O3/c22-16-8-10-17(11-9-16)25-20(27)14-23-19(26)13-24-21(18-7-4-12-28-18)15-5-2-1-3-6-15/h1-12,21,24H,13-14H2,(H,23,26)(H,25,27)/p+1/t21-/m0/s1. The third kappa shape index (κ3) is 5.52. The number of hydrogen-bond donors (Lipinski definition) is 3. The van der Waals surface area contributed by atoms with Gasteiger partial charge in [-0.05, 0) is 36.4 Å². The maximum absolute atomic E-state index is 12.9. The summed E-state index contributed by atoms with van der Waals surface area (Å²) in [6, 6.07) is 18.6. The van der Waals surface area contributed by atoms with E-state index in [1.54, 1.807) is 12.3 Å². The number of carbonyl (C=O) groups is 2. The molecule has 1 atom stereocenters. The number of quaternary nitrogens is 1. The fraction of sp³-hybridized carbons (Fsp3) is 0.143. The summed E-state index contributed by atoms with van der Waals surface area (Å²) in [5.74, 6) is -0.299. The molecule has 1 aromatic heterocycles.